The molecule has 1 rings (SSSR count). The minimum absolute atomic E-state index is 0.0534. The van der Waals surface area contributed by atoms with Crippen molar-refractivity contribution < 1.29 is 13.2 Å². The Morgan fingerprint density at radius 1 is 1.37 bits per heavy atom. The highest BCUT2D eigenvalue weighted by atomic mass is 32.2. The van der Waals surface area contributed by atoms with Crippen molar-refractivity contribution in [2.75, 3.05) is 18.1 Å². The molecule has 1 aromatic rings. The largest absolute Gasteiger partial charge is 0.443 e. The molecule has 110 valence electrons. The Balaban J connectivity index is 2.67. The minimum Gasteiger partial charge on any atom is -0.309 e. The summed E-state index contributed by atoms with van der Waals surface area (Å²) in [5.41, 5.74) is 0. The molecular formula is C12H19F3N2S2. The summed E-state index contributed by atoms with van der Waals surface area (Å²) in [4.78, 5) is 4.14. The first-order chi connectivity index (χ1) is 8.84. The van der Waals surface area contributed by atoms with Crippen molar-refractivity contribution in [1.82, 2.24) is 10.3 Å². The van der Waals surface area contributed by atoms with E-state index < -0.39 is 11.2 Å². The lowest BCUT2D eigenvalue weighted by atomic mass is 10.3. The maximum atomic E-state index is 12.5. The van der Waals surface area contributed by atoms with Gasteiger partial charge in [-0.3, -0.25) is 0 Å². The number of thioether (sulfide) groups is 1. The molecule has 0 aromatic carbocycles. The monoisotopic (exact) mass is 312 g/mol. The fraction of sp³-hybridized carbons (Fsp3) is 0.750. The summed E-state index contributed by atoms with van der Waals surface area (Å²) in [7, 11) is 0. The highest BCUT2D eigenvalue weighted by Crippen LogP contribution is 2.35. The van der Waals surface area contributed by atoms with Crippen molar-refractivity contribution >= 4 is 23.1 Å². The van der Waals surface area contributed by atoms with E-state index in [9.17, 15) is 13.2 Å². The van der Waals surface area contributed by atoms with Crippen LogP contribution in [0.4, 0.5) is 13.2 Å². The zero-order chi connectivity index (χ0) is 14.5. The second kappa shape index (κ2) is 7.50. The normalized spacial score (nSPS) is 14.1. The number of aromatic nitrogens is 1. The Morgan fingerprint density at radius 2 is 2.05 bits per heavy atom. The number of thiazole rings is 1. The molecule has 0 aliphatic carbocycles. The number of hydrogen-bond donors (Lipinski definition) is 1. The van der Waals surface area contributed by atoms with Crippen molar-refractivity contribution in [2.45, 2.75) is 33.0 Å². The Hall–Kier alpha value is -0.270. The molecule has 7 heteroatoms. The van der Waals surface area contributed by atoms with Gasteiger partial charge in [0, 0.05) is 16.8 Å². The first kappa shape index (κ1) is 16.8. The highest BCUT2D eigenvalue weighted by molar-refractivity contribution is 7.99. The summed E-state index contributed by atoms with van der Waals surface area (Å²) in [5, 5.41) is 2.46. The molecule has 0 radical (unpaired) electrons. The summed E-state index contributed by atoms with van der Waals surface area (Å²) >= 11 is 2.49. The SMILES string of the molecule is CCNC(CSCC(C)C)c1cnc(C(F)(F)F)s1. The van der Waals surface area contributed by atoms with E-state index in [2.05, 4.69) is 24.1 Å². The van der Waals surface area contributed by atoms with Gasteiger partial charge in [-0.05, 0) is 18.2 Å². The minimum atomic E-state index is -4.34. The second-order valence-corrected chi connectivity index (χ2v) is 6.74. The van der Waals surface area contributed by atoms with E-state index in [0.29, 0.717) is 10.8 Å². The maximum Gasteiger partial charge on any atom is 0.443 e. The zero-order valence-electron chi connectivity index (χ0n) is 11.3. The summed E-state index contributed by atoms with van der Waals surface area (Å²) in [5.74, 6) is 2.36. The van der Waals surface area contributed by atoms with E-state index in [-0.39, 0.29) is 6.04 Å². The van der Waals surface area contributed by atoms with E-state index in [4.69, 9.17) is 0 Å². The molecule has 1 heterocycles. The summed E-state index contributed by atoms with van der Waals surface area (Å²) < 4.78 is 37.6. The van der Waals surface area contributed by atoms with Crippen molar-refractivity contribution in [2.24, 2.45) is 5.92 Å². The Labute approximate surface area is 120 Å². The van der Waals surface area contributed by atoms with E-state index >= 15 is 0 Å². The van der Waals surface area contributed by atoms with Crippen molar-refractivity contribution in [3.05, 3.63) is 16.1 Å². The van der Waals surface area contributed by atoms with E-state index in [1.807, 2.05) is 6.92 Å². The molecule has 0 amide bonds. The second-order valence-electron chi connectivity index (χ2n) is 4.61. The van der Waals surface area contributed by atoms with E-state index in [1.165, 1.54) is 6.20 Å². The molecule has 0 aliphatic rings. The third-order valence-electron chi connectivity index (χ3n) is 2.30. The van der Waals surface area contributed by atoms with Crippen molar-refractivity contribution in [3.8, 4) is 0 Å². The van der Waals surface area contributed by atoms with Crippen LogP contribution in [0.15, 0.2) is 6.20 Å². The van der Waals surface area contributed by atoms with Crippen LogP contribution in [0.1, 0.15) is 36.7 Å². The van der Waals surface area contributed by atoms with Gasteiger partial charge in [0.15, 0.2) is 5.01 Å². The number of hydrogen-bond acceptors (Lipinski definition) is 4. The fourth-order valence-electron chi connectivity index (χ4n) is 1.49. The summed E-state index contributed by atoms with van der Waals surface area (Å²) in [6, 6.07) is -0.0534. The third-order valence-corrected chi connectivity index (χ3v) is 4.92. The van der Waals surface area contributed by atoms with Gasteiger partial charge >= 0.3 is 6.18 Å². The van der Waals surface area contributed by atoms with Gasteiger partial charge in [0.05, 0.1) is 6.04 Å². The molecular weight excluding hydrogens is 293 g/mol. The third kappa shape index (κ3) is 5.71. The Morgan fingerprint density at radius 3 is 2.53 bits per heavy atom. The lowest BCUT2D eigenvalue weighted by molar-refractivity contribution is -0.137. The van der Waals surface area contributed by atoms with E-state index in [0.717, 1.165) is 29.4 Å². The zero-order valence-corrected chi connectivity index (χ0v) is 12.9. The van der Waals surface area contributed by atoms with Crippen LogP contribution in [0.5, 0.6) is 0 Å². The van der Waals surface area contributed by atoms with Crippen LogP contribution in [-0.4, -0.2) is 23.0 Å². The molecule has 1 aromatic heterocycles. The predicted molar refractivity (Wildman–Crippen MR) is 75.7 cm³/mol. The van der Waals surface area contributed by atoms with Crippen LogP contribution in [0.25, 0.3) is 0 Å². The smallest absolute Gasteiger partial charge is 0.309 e. The number of nitrogens with one attached hydrogen (secondary N) is 1. The van der Waals surface area contributed by atoms with Crippen LogP contribution >= 0.6 is 23.1 Å². The fourth-order valence-corrected chi connectivity index (χ4v) is 3.59. The molecule has 0 saturated heterocycles. The van der Waals surface area contributed by atoms with Gasteiger partial charge in [-0.15, -0.1) is 11.3 Å². The van der Waals surface area contributed by atoms with Gasteiger partial charge in [0.1, 0.15) is 0 Å². The lowest BCUT2D eigenvalue weighted by Gasteiger charge is -2.16. The van der Waals surface area contributed by atoms with Crippen molar-refractivity contribution in [3.63, 3.8) is 0 Å². The standard InChI is InChI=1S/C12H19F3N2S2/c1-4-16-9(7-18-6-8(2)3)10-5-17-11(19-10)12(13,14)15/h5,8-9,16H,4,6-7H2,1-3H3. The molecule has 1 N–H and O–H groups in total. The quantitative estimate of drug-likeness (QED) is 0.816. The molecule has 0 aliphatic heterocycles. The van der Waals surface area contributed by atoms with Crippen LogP contribution in [0, 0.1) is 5.92 Å². The van der Waals surface area contributed by atoms with Gasteiger partial charge in [0.25, 0.3) is 0 Å². The van der Waals surface area contributed by atoms with Crippen LogP contribution in [0.3, 0.4) is 0 Å². The summed E-state index contributed by atoms with van der Waals surface area (Å²) in [6.45, 7) is 6.94. The average molecular weight is 312 g/mol. The van der Waals surface area contributed by atoms with E-state index in [1.54, 1.807) is 11.8 Å². The number of nitrogens with zero attached hydrogens (tertiary/aromatic N) is 1. The first-order valence-corrected chi connectivity index (χ1v) is 8.15. The van der Waals surface area contributed by atoms with Crippen LogP contribution in [-0.2, 0) is 6.18 Å². The topological polar surface area (TPSA) is 24.9 Å². The van der Waals surface area contributed by atoms with Crippen LogP contribution in [0.2, 0.25) is 0 Å². The van der Waals surface area contributed by atoms with Crippen molar-refractivity contribution in [1.29, 1.82) is 0 Å². The molecule has 0 spiro atoms. The van der Waals surface area contributed by atoms with Gasteiger partial charge in [-0.2, -0.15) is 24.9 Å². The average Bonchev–Trinajstić information content (AvgIpc) is 2.76. The van der Waals surface area contributed by atoms with Gasteiger partial charge < -0.3 is 5.32 Å². The molecule has 1 unspecified atom stereocenters. The van der Waals surface area contributed by atoms with Gasteiger partial charge in [-0.25, -0.2) is 4.98 Å². The molecule has 2 nitrogen and oxygen atoms in total. The number of rotatable bonds is 7. The Bertz CT molecular complexity index is 377. The molecule has 19 heavy (non-hydrogen) atoms. The summed E-state index contributed by atoms with van der Waals surface area (Å²) in [6.07, 6.45) is -3.00. The molecule has 0 saturated carbocycles. The maximum absolute atomic E-state index is 12.5. The van der Waals surface area contributed by atoms with Gasteiger partial charge in [-0.1, -0.05) is 20.8 Å². The lowest BCUT2D eigenvalue weighted by Crippen LogP contribution is -2.22. The number of alkyl halides is 3. The number of halogens is 3. The molecule has 1 atom stereocenters. The predicted octanol–water partition coefficient (Wildman–Crippen LogP) is 4.20. The molecule has 0 fully saturated rings. The highest BCUT2D eigenvalue weighted by Gasteiger charge is 2.35. The first-order valence-electron chi connectivity index (χ1n) is 6.18. The van der Waals surface area contributed by atoms with Crippen LogP contribution < -0.4 is 5.32 Å². The van der Waals surface area contributed by atoms with Gasteiger partial charge in [0.2, 0.25) is 0 Å². The molecule has 0 bridgehead atoms. The Kier molecular flexibility index (Phi) is 6.62.